The molecule has 0 unspecified atom stereocenters. The number of thiophene rings is 1. The molecule has 1 aliphatic heterocycles. The van der Waals surface area contributed by atoms with Gasteiger partial charge in [-0.1, -0.05) is 194 Å². The van der Waals surface area contributed by atoms with Gasteiger partial charge in [-0.15, -0.1) is 11.3 Å². The highest BCUT2D eigenvalue weighted by Crippen LogP contribution is 2.51. The van der Waals surface area contributed by atoms with Gasteiger partial charge in [0.25, 0.3) is 0 Å². The molecule has 0 spiro atoms. The molecule has 0 N–H and O–H groups in total. The van der Waals surface area contributed by atoms with Gasteiger partial charge in [0.15, 0.2) is 0 Å². The van der Waals surface area contributed by atoms with Crippen LogP contribution in [-0.4, -0.2) is 0 Å². The van der Waals surface area contributed by atoms with Crippen LogP contribution in [0, 0.1) is 0 Å². The van der Waals surface area contributed by atoms with Crippen molar-refractivity contribution in [1.29, 1.82) is 0 Å². The van der Waals surface area contributed by atoms with Crippen LogP contribution in [-0.2, 0) is 0 Å². The number of nitrogens with zero attached hydrogens (tertiary/aromatic N) is 1. The lowest BCUT2D eigenvalue weighted by atomic mass is 9.92. The monoisotopic (exact) mass is 895 g/mol. The lowest BCUT2D eigenvalue weighted by Crippen LogP contribution is -2.11. The fourth-order valence-corrected chi connectivity index (χ4v) is 12.2. The van der Waals surface area contributed by atoms with Crippen LogP contribution in [0.25, 0.3) is 107 Å². The van der Waals surface area contributed by atoms with Crippen LogP contribution >= 0.6 is 11.3 Å². The molecule has 0 fully saturated rings. The largest absolute Gasteiger partial charge is 0.456 e. The molecule has 0 radical (unpaired) electrons. The number of rotatable bonds is 4. The molecule has 1 aromatic heterocycles. The molecule has 69 heavy (non-hydrogen) atoms. The molecule has 0 saturated carbocycles. The summed E-state index contributed by atoms with van der Waals surface area (Å²) in [4.78, 5) is 2.46. The number of hydrogen-bond donors (Lipinski definition) is 0. The fraction of sp³-hybridized carbons (Fsp3) is 0. The van der Waals surface area contributed by atoms with Crippen molar-refractivity contribution in [1.82, 2.24) is 0 Å². The highest BCUT2D eigenvalue weighted by Gasteiger charge is 2.25. The first-order chi connectivity index (χ1) is 34.2. The highest BCUT2D eigenvalue weighted by atomic mass is 32.1. The van der Waals surface area contributed by atoms with E-state index in [1.807, 2.05) is 17.4 Å². The molecule has 0 aliphatic carbocycles. The first-order valence-electron chi connectivity index (χ1n) is 23.6. The molecule has 13 aromatic rings. The molecule has 2 nitrogen and oxygen atoms in total. The molecule has 2 heterocycles. The number of fused-ring (bicyclic) bond motifs is 19. The van der Waals surface area contributed by atoms with Gasteiger partial charge in [0.2, 0.25) is 0 Å². The van der Waals surface area contributed by atoms with Gasteiger partial charge in [0.1, 0.15) is 11.5 Å². The summed E-state index contributed by atoms with van der Waals surface area (Å²) in [7, 11) is 0. The average molecular weight is 896 g/mol. The predicted molar refractivity (Wildman–Crippen MR) is 296 cm³/mol. The standard InChI is InChI=1S/C66H41NOS/c1-2-18-42(19-3-1)45-20-10-14-30-60(45)67(44-34-36-51-53-26-11-15-31-61(53)68-62-32-16-12-27-54(62)59(51)41-44)43-35-37-52-56-38-39-64-66(57-29-13-17-33-63(57)69-64)65(56)55-28-9-8-24-49(55)47-22-5-4-21-46(47)48-23-6-7-25-50(48)58(52)40-43/h1-41H. The maximum absolute atomic E-state index is 6.68. The quantitative estimate of drug-likeness (QED) is 0.175. The van der Waals surface area contributed by atoms with Gasteiger partial charge < -0.3 is 9.64 Å². The number of benzene rings is 11. The van der Waals surface area contributed by atoms with Crippen LogP contribution in [0.5, 0.6) is 11.5 Å². The van der Waals surface area contributed by atoms with Gasteiger partial charge in [-0.25, -0.2) is 0 Å². The molecule has 1 aliphatic rings. The summed E-state index contributed by atoms with van der Waals surface area (Å²) in [5, 5.41) is 14.7. The number of para-hydroxylation sites is 3. The Labute approximate surface area is 403 Å². The summed E-state index contributed by atoms with van der Waals surface area (Å²) < 4.78 is 9.26. The van der Waals surface area contributed by atoms with Crippen LogP contribution in [0.3, 0.4) is 0 Å². The van der Waals surface area contributed by atoms with Gasteiger partial charge in [0, 0.05) is 48.2 Å². The minimum absolute atomic E-state index is 0.842. The molecular formula is C66H41NOS. The molecule has 3 heteroatoms. The van der Waals surface area contributed by atoms with E-state index in [4.69, 9.17) is 4.74 Å². The smallest absolute Gasteiger partial charge is 0.135 e. The van der Waals surface area contributed by atoms with Crippen molar-refractivity contribution in [2.24, 2.45) is 0 Å². The van der Waals surface area contributed by atoms with Crippen LogP contribution < -0.4 is 9.64 Å². The van der Waals surface area contributed by atoms with Crippen LogP contribution in [0.1, 0.15) is 0 Å². The zero-order valence-corrected chi connectivity index (χ0v) is 38.3. The first-order valence-corrected chi connectivity index (χ1v) is 24.4. The van der Waals surface area contributed by atoms with Gasteiger partial charge in [-0.05, 0) is 125 Å². The Balaban J connectivity index is 1.15. The van der Waals surface area contributed by atoms with Crippen LogP contribution in [0.15, 0.2) is 249 Å². The van der Waals surface area contributed by atoms with E-state index in [-0.39, 0.29) is 0 Å². The Morgan fingerprint density at radius 3 is 1.46 bits per heavy atom. The molecule has 12 aromatic carbocycles. The first kappa shape index (κ1) is 39.4. The third kappa shape index (κ3) is 6.32. The molecule has 0 amide bonds. The Kier molecular flexibility index (Phi) is 9.11. The third-order valence-electron chi connectivity index (χ3n) is 14.1. The van der Waals surface area contributed by atoms with E-state index >= 15 is 0 Å². The lowest BCUT2D eigenvalue weighted by Gasteiger charge is -2.29. The van der Waals surface area contributed by atoms with E-state index in [0.29, 0.717) is 0 Å². The lowest BCUT2D eigenvalue weighted by molar-refractivity contribution is 0.488. The minimum Gasteiger partial charge on any atom is -0.456 e. The summed E-state index contributed by atoms with van der Waals surface area (Å²) in [5.41, 5.74) is 9.87. The normalized spacial score (nSPS) is 11.9. The van der Waals surface area contributed by atoms with E-state index < -0.39 is 0 Å². The molecule has 322 valence electrons. The number of anilines is 3. The van der Waals surface area contributed by atoms with Crippen molar-refractivity contribution in [3.63, 3.8) is 0 Å². The van der Waals surface area contributed by atoms with Gasteiger partial charge >= 0.3 is 0 Å². The Morgan fingerprint density at radius 1 is 0.275 bits per heavy atom. The highest BCUT2D eigenvalue weighted by molar-refractivity contribution is 7.26. The van der Waals surface area contributed by atoms with Gasteiger partial charge in [-0.2, -0.15) is 0 Å². The summed E-state index contributed by atoms with van der Waals surface area (Å²) in [6.07, 6.45) is 0. The van der Waals surface area contributed by atoms with Gasteiger partial charge in [-0.3, -0.25) is 0 Å². The number of hydrogen-bond acceptors (Lipinski definition) is 3. The topological polar surface area (TPSA) is 12.5 Å². The molecule has 0 atom stereocenters. The molecule has 14 rings (SSSR count). The third-order valence-corrected chi connectivity index (χ3v) is 15.2. The van der Waals surface area contributed by atoms with E-state index in [2.05, 4.69) is 248 Å². The van der Waals surface area contributed by atoms with Crippen LogP contribution in [0.4, 0.5) is 17.1 Å². The summed E-state index contributed by atoms with van der Waals surface area (Å²) in [6.45, 7) is 0. The second kappa shape index (κ2) is 16.0. The van der Waals surface area contributed by atoms with E-state index in [9.17, 15) is 0 Å². The molecule has 0 saturated heterocycles. The molecule has 0 bridgehead atoms. The fourth-order valence-electron chi connectivity index (χ4n) is 11.1. The maximum atomic E-state index is 6.68. The second-order valence-electron chi connectivity index (χ2n) is 17.9. The summed E-state index contributed by atoms with van der Waals surface area (Å²) in [6, 6.07) is 91.1. The van der Waals surface area contributed by atoms with Crippen molar-refractivity contribution in [2.45, 2.75) is 0 Å². The summed E-state index contributed by atoms with van der Waals surface area (Å²) >= 11 is 1.88. The molecular weight excluding hydrogens is 855 g/mol. The average Bonchev–Trinajstić information content (AvgIpc) is 3.73. The minimum atomic E-state index is 0.842. The predicted octanol–water partition coefficient (Wildman–Crippen LogP) is 19.5. The van der Waals surface area contributed by atoms with Gasteiger partial charge in [0.05, 0.1) is 5.69 Å². The van der Waals surface area contributed by atoms with E-state index in [1.165, 1.54) is 74.0 Å². The summed E-state index contributed by atoms with van der Waals surface area (Å²) in [5.74, 6) is 1.70. The SMILES string of the molecule is c1ccc(-c2ccccc2N(c2ccc3c(c2)-c2ccccc2Oc2ccccc2-3)c2ccc3c(c2)c2ccccc2c2ccccc2c2ccccc2c2c3ccc3sc4ccccc4c32)cc1. The number of ether oxygens (including phenoxy) is 1. The van der Waals surface area contributed by atoms with E-state index in [1.54, 1.807) is 0 Å². The zero-order valence-electron chi connectivity index (χ0n) is 37.4. The van der Waals surface area contributed by atoms with Crippen molar-refractivity contribution >= 4 is 102 Å². The Hall–Kier alpha value is -8.76. The van der Waals surface area contributed by atoms with Crippen LogP contribution in [0.2, 0.25) is 0 Å². The zero-order chi connectivity index (χ0) is 45.4. The van der Waals surface area contributed by atoms with Crippen molar-refractivity contribution in [3.05, 3.63) is 249 Å². The Bertz CT molecular complexity index is 4300. The Morgan fingerprint density at radius 2 is 0.754 bits per heavy atom. The van der Waals surface area contributed by atoms with Crippen molar-refractivity contribution in [3.8, 4) is 44.9 Å². The van der Waals surface area contributed by atoms with Crippen molar-refractivity contribution in [2.75, 3.05) is 4.90 Å². The maximum Gasteiger partial charge on any atom is 0.135 e. The van der Waals surface area contributed by atoms with Crippen molar-refractivity contribution < 1.29 is 4.74 Å². The second-order valence-corrected chi connectivity index (χ2v) is 19.0. The van der Waals surface area contributed by atoms with E-state index in [0.717, 1.165) is 61.9 Å².